The maximum Gasteiger partial charge on any atom is 0.257 e. The van der Waals surface area contributed by atoms with Crippen LogP contribution in [0.1, 0.15) is 44.9 Å². The van der Waals surface area contributed by atoms with Gasteiger partial charge in [0.1, 0.15) is 5.82 Å². The lowest BCUT2D eigenvalue weighted by Crippen LogP contribution is -2.50. The average molecular weight is 343 g/mol. The molecule has 0 spiro atoms. The molecule has 2 fully saturated rings. The molecule has 6 heteroatoms. The summed E-state index contributed by atoms with van der Waals surface area (Å²) in [7, 11) is 0. The van der Waals surface area contributed by atoms with Gasteiger partial charge in [0.2, 0.25) is 5.91 Å². The molecule has 0 N–H and O–H groups in total. The lowest BCUT2D eigenvalue weighted by Gasteiger charge is -2.41. The van der Waals surface area contributed by atoms with Crippen molar-refractivity contribution in [3.05, 3.63) is 35.9 Å². The Bertz CT molecular complexity index is 769. The van der Waals surface area contributed by atoms with E-state index in [4.69, 9.17) is 4.52 Å². The second kappa shape index (κ2) is 6.24. The zero-order valence-corrected chi connectivity index (χ0v) is 14.4. The van der Waals surface area contributed by atoms with Gasteiger partial charge in [-0.05, 0) is 49.9 Å². The third kappa shape index (κ3) is 3.05. The van der Waals surface area contributed by atoms with E-state index in [0.717, 1.165) is 38.6 Å². The molecular formula is C19H22FN3O2. The Balaban J connectivity index is 1.53. The molecule has 1 aromatic carbocycles. The van der Waals surface area contributed by atoms with Crippen molar-refractivity contribution in [3.63, 3.8) is 0 Å². The van der Waals surface area contributed by atoms with Crippen molar-refractivity contribution in [2.75, 3.05) is 13.1 Å². The first-order chi connectivity index (χ1) is 12.0. The number of hydrogen-bond donors (Lipinski definition) is 0. The molecule has 2 aromatic rings. The normalized spacial score (nSPS) is 24.2. The lowest BCUT2D eigenvalue weighted by atomic mass is 9.79. The highest BCUT2D eigenvalue weighted by Crippen LogP contribution is 2.36. The van der Waals surface area contributed by atoms with Crippen LogP contribution >= 0.6 is 0 Å². The molecule has 1 amide bonds. The van der Waals surface area contributed by atoms with Gasteiger partial charge in [0, 0.05) is 30.0 Å². The maximum absolute atomic E-state index is 13.1. The Morgan fingerprint density at radius 1 is 1.28 bits per heavy atom. The van der Waals surface area contributed by atoms with Crippen molar-refractivity contribution in [2.24, 2.45) is 5.92 Å². The van der Waals surface area contributed by atoms with Crippen LogP contribution in [0.25, 0.3) is 11.5 Å². The number of carbonyl (C=O) groups excluding carboxylic acids is 1. The van der Waals surface area contributed by atoms with Crippen LogP contribution in [0.4, 0.5) is 4.39 Å². The van der Waals surface area contributed by atoms with Gasteiger partial charge < -0.3 is 9.42 Å². The van der Waals surface area contributed by atoms with Gasteiger partial charge in [0.15, 0.2) is 5.82 Å². The van der Waals surface area contributed by atoms with Gasteiger partial charge in [-0.15, -0.1) is 0 Å². The Kier molecular flexibility index (Phi) is 4.06. The standard InChI is InChI=1S/C19H22FN3O2/c1-19(10-3-11-23(12-19)17(24)14-4-2-5-14)18-21-16(25-22-18)13-6-8-15(20)9-7-13/h6-9,14H,2-5,10-12H2,1H3. The number of aromatic nitrogens is 2. The molecule has 25 heavy (non-hydrogen) atoms. The summed E-state index contributed by atoms with van der Waals surface area (Å²) < 4.78 is 18.5. The Morgan fingerprint density at radius 3 is 2.72 bits per heavy atom. The average Bonchev–Trinajstić information content (AvgIpc) is 3.05. The van der Waals surface area contributed by atoms with Crippen molar-refractivity contribution in [3.8, 4) is 11.5 Å². The maximum atomic E-state index is 13.1. The first kappa shape index (κ1) is 16.2. The SMILES string of the molecule is CC1(c2noc(-c3ccc(F)cc3)n2)CCCN(C(=O)C2CCC2)C1. The summed E-state index contributed by atoms with van der Waals surface area (Å²) in [6, 6.07) is 6.01. The molecule has 1 aliphatic carbocycles. The molecule has 1 unspecified atom stereocenters. The minimum absolute atomic E-state index is 0.211. The molecular weight excluding hydrogens is 321 g/mol. The third-order valence-corrected chi connectivity index (χ3v) is 5.52. The molecule has 1 aliphatic heterocycles. The fourth-order valence-corrected chi connectivity index (χ4v) is 3.70. The quantitative estimate of drug-likeness (QED) is 0.855. The summed E-state index contributed by atoms with van der Waals surface area (Å²) in [5.41, 5.74) is 0.390. The van der Waals surface area contributed by atoms with Crippen LogP contribution in [0.15, 0.2) is 28.8 Å². The van der Waals surface area contributed by atoms with Gasteiger partial charge >= 0.3 is 0 Å². The van der Waals surface area contributed by atoms with E-state index in [2.05, 4.69) is 17.1 Å². The van der Waals surface area contributed by atoms with Crippen LogP contribution in [0.3, 0.4) is 0 Å². The monoisotopic (exact) mass is 343 g/mol. The van der Waals surface area contributed by atoms with Crippen LogP contribution in [0, 0.1) is 11.7 Å². The summed E-state index contributed by atoms with van der Waals surface area (Å²) in [6.07, 6.45) is 5.05. The van der Waals surface area contributed by atoms with Crippen LogP contribution in [0.2, 0.25) is 0 Å². The number of likely N-dealkylation sites (tertiary alicyclic amines) is 1. The van der Waals surface area contributed by atoms with Crippen LogP contribution in [-0.4, -0.2) is 34.0 Å². The highest BCUT2D eigenvalue weighted by atomic mass is 19.1. The first-order valence-corrected chi connectivity index (χ1v) is 8.94. The van der Waals surface area contributed by atoms with Gasteiger partial charge in [0.05, 0.1) is 0 Å². The number of hydrogen-bond acceptors (Lipinski definition) is 4. The van der Waals surface area contributed by atoms with E-state index >= 15 is 0 Å². The summed E-state index contributed by atoms with van der Waals surface area (Å²) in [5.74, 6) is 1.20. The summed E-state index contributed by atoms with van der Waals surface area (Å²) in [6.45, 7) is 3.53. The van der Waals surface area contributed by atoms with E-state index in [1.165, 1.54) is 12.1 Å². The highest BCUT2D eigenvalue weighted by Gasteiger charge is 2.40. The summed E-state index contributed by atoms with van der Waals surface area (Å²) in [4.78, 5) is 19.1. The molecule has 1 aromatic heterocycles. The van der Waals surface area contributed by atoms with Crippen molar-refractivity contribution in [2.45, 2.75) is 44.4 Å². The van der Waals surface area contributed by atoms with Crippen LogP contribution < -0.4 is 0 Å². The van der Waals surface area contributed by atoms with Crippen molar-refractivity contribution in [1.29, 1.82) is 0 Å². The number of rotatable bonds is 3. The van der Waals surface area contributed by atoms with Gasteiger partial charge in [-0.1, -0.05) is 18.5 Å². The fraction of sp³-hybridized carbons (Fsp3) is 0.526. The predicted octanol–water partition coefficient (Wildman–Crippen LogP) is 3.56. The van der Waals surface area contributed by atoms with E-state index < -0.39 is 0 Å². The Labute approximate surface area is 146 Å². The van der Waals surface area contributed by atoms with Crippen LogP contribution in [0.5, 0.6) is 0 Å². The molecule has 2 aliphatic rings. The molecule has 132 valence electrons. The van der Waals surface area contributed by atoms with Crippen molar-refractivity contribution >= 4 is 5.91 Å². The number of halogens is 1. The van der Waals surface area contributed by atoms with Gasteiger partial charge in [-0.2, -0.15) is 4.98 Å². The smallest absolute Gasteiger partial charge is 0.257 e. The lowest BCUT2D eigenvalue weighted by molar-refractivity contribution is -0.140. The summed E-state index contributed by atoms with van der Waals surface area (Å²) in [5, 5.41) is 4.17. The van der Waals surface area contributed by atoms with E-state index in [1.807, 2.05) is 4.90 Å². The molecule has 2 heterocycles. The van der Waals surface area contributed by atoms with Gasteiger partial charge in [-0.3, -0.25) is 4.79 Å². The highest BCUT2D eigenvalue weighted by molar-refractivity contribution is 5.79. The minimum Gasteiger partial charge on any atom is -0.341 e. The zero-order valence-electron chi connectivity index (χ0n) is 14.4. The predicted molar refractivity (Wildman–Crippen MR) is 90.2 cm³/mol. The van der Waals surface area contributed by atoms with Crippen molar-refractivity contribution in [1.82, 2.24) is 15.0 Å². The number of carbonyl (C=O) groups is 1. The largest absolute Gasteiger partial charge is 0.341 e. The molecule has 1 atom stereocenters. The third-order valence-electron chi connectivity index (χ3n) is 5.52. The number of nitrogens with zero attached hydrogens (tertiary/aromatic N) is 3. The van der Waals surface area contributed by atoms with Gasteiger partial charge in [0.25, 0.3) is 5.89 Å². The number of amides is 1. The van der Waals surface area contributed by atoms with E-state index in [9.17, 15) is 9.18 Å². The Hall–Kier alpha value is -2.24. The molecule has 1 saturated heterocycles. The summed E-state index contributed by atoms with van der Waals surface area (Å²) >= 11 is 0. The fourth-order valence-electron chi connectivity index (χ4n) is 3.70. The second-order valence-corrected chi connectivity index (χ2v) is 7.48. The van der Waals surface area contributed by atoms with Crippen molar-refractivity contribution < 1.29 is 13.7 Å². The first-order valence-electron chi connectivity index (χ1n) is 8.94. The minimum atomic E-state index is -0.306. The molecule has 4 rings (SSSR count). The van der Waals surface area contributed by atoms with Crippen LogP contribution in [-0.2, 0) is 10.2 Å². The number of benzene rings is 1. The molecule has 0 radical (unpaired) electrons. The van der Waals surface area contributed by atoms with E-state index in [-0.39, 0.29) is 23.1 Å². The van der Waals surface area contributed by atoms with Gasteiger partial charge in [-0.25, -0.2) is 4.39 Å². The van der Waals surface area contributed by atoms with E-state index in [1.54, 1.807) is 12.1 Å². The number of piperidine rings is 1. The molecule has 1 saturated carbocycles. The zero-order chi connectivity index (χ0) is 17.4. The Morgan fingerprint density at radius 2 is 2.04 bits per heavy atom. The molecule has 5 nitrogen and oxygen atoms in total. The second-order valence-electron chi connectivity index (χ2n) is 7.48. The molecule has 0 bridgehead atoms. The van der Waals surface area contributed by atoms with E-state index in [0.29, 0.717) is 23.8 Å². The topological polar surface area (TPSA) is 59.2 Å².